The maximum Gasteiger partial charge on any atom is 0.256 e. The first-order valence-electron chi connectivity index (χ1n) is 7.02. The topological polar surface area (TPSA) is 32.3 Å². The Hall–Kier alpha value is -1.23. The van der Waals surface area contributed by atoms with Crippen LogP contribution in [0.4, 0.5) is 10.1 Å². The summed E-state index contributed by atoms with van der Waals surface area (Å²) in [7, 11) is 1.81. The Morgan fingerprint density at radius 2 is 2.35 bits per heavy atom. The SMILES string of the molecule is CCCNc1c(F)cccc1C(=O)N(C)C1CCSC1. The number of amides is 1. The lowest BCUT2D eigenvalue weighted by Gasteiger charge is -2.25. The molecule has 20 heavy (non-hydrogen) atoms. The van der Waals surface area contributed by atoms with Gasteiger partial charge in [-0.2, -0.15) is 11.8 Å². The molecule has 1 aromatic rings. The molecule has 1 fully saturated rings. The van der Waals surface area contributed by atoms with E-state index in [1.165, 1.54) is 6.07 Å². The number of hydrogen-bond acceptors (Lipinski definition) is 3. The summed E-state index contributed by atoms with van der Waals surface area (Å²) in [5.41, 5.74) is 0.759. The number of thioether (sulfide) groups is 1. The number of carbonyl (C=O) groups excluding carboxylic acids is 1. The molecule has 1 amide bonds. The highest BCUT2D eigenvalue weighted by molar-refractivity contribution is 7.99. The minimum atomic E-state index is -0.363. The summed E-state index contributed by atoms with van der Waals surface area (Å²) in [6.45, 7) is 2.67. The molecule has 1 saturated heterocycles. The highest BCUT2D eigenvalue weighted by Gasteiger charge is 2.26. The first-order valence-corrected chi connectivity index (χ1v) is 8.18. The molecule has 1 heterocycles. The Balaban J connectivity index is 2.21. The van der Waals surface area contributed by atoms with Crippen molar-refractivity contribution < 1.29 is 9.18 Å². The van der Waals surface area contributed by atoms with E-state index in [0.717, 1.165) is 24.3 Å². The van der Waals surface area contributed by atoms with Crippen LogP contribution in [-0.2, 0) is 0 Å². The molecule has 1 unspecified atom stereocenters. The van der Waals surface area contributed by atoms with E-state index in [4.69, 9.17) is 0 Å². The van der Waals surface area contributed by atoms with E-state index in [2.05, 4.69) is 5.32 Å². The molecule has 110 valence electrons. The van der Waals surface area contributed by atoms with Gasteiger partial charge >= 0.3 is 0 Å². The van der Waals surface area contributed by atoms with E-state index < -0.39 is 0 Å². The summed E-state index contributed by atoms with van der Waals surface area (Å²) in [6.07, 6.45) is 1.90. The van der Waals surface area contributed by atoms with Crippen LogP contribution < -0.4 is 5.32 Å². The first kappa shape index (κ1) is 15.2. The number of halogens is 1. The molecule has 0 bridgehead atoms. The highest BCUT2D eigenvalue weighted by Crippen LogP contribution is 2.26. The Morgan fingerprint density at radius 3 is 3.00 bits per heavy atom. The zero-order chi connectivity index (χ0) is 14.5. The first-order chi connectivity index (χ1) is 9.65. The fraction of sp³-hybridized carbons (Fsp3) is 0.533. The molecule has 1 atom stereocenters. The van der Waals surface area contributed by atoms with Crippen LogP contribution in [0.15, 0.2) is 18.2 Å². The standard InChI is InChI=1S/C15H21FN2OS/c1-3-8-17-14-12(5-4-6-13(14)16)15(19)18(2)11-7-9-20-10-11/h4-6,11,17H,3,7-10H2,1-2H3. The highest BCUT2D eigenvalue weighted by atomic mass is 32.2. The van der Waals surface area contributed by atoms with E-state index in [-0.39, 0.29) is 17.8 Å². The van der Waals surface area contributed by atoms with Crippen molar-refractivity contribution in [1.29, 1.82) is 0 Å². The molecule has 0 saturated carbocycles. The second-order valence-corrected chi connectivity index (χ2v) is 6.17. The van der Waals surface area contributed by atoms with Crippen LogP contribution in [0.2, 0.25) is 0 Å². The fourth-order valence-corrected chi connectivity index (χ4v) is 3.58. The maximum absolute atomic E-state index is 13.9. The lowest BCUT2D eigenvalue weighted by Crippen LogP contribution is -2.37. The van der Waals surface area contributed by atoms with Crippen molar-refractivity contribution in [2.24, 2.45) is 0 Å². The molecule has 1 aliphatic rings. The van der Waals surface area contributed by atoms with Crippen molar-refractivity contribution in [3.05, 3.63) is 29.6 Å². The van der Waals surface area contributed by atoms with Gasteiger partial charge in [-0.15, -0.1) is 0 Å². The van der Waals surface area contributed by atoms with E-state index in [1.807, 2.05) is 25.7 Å². The number of benzene rings is 1. The Kier molecular flexibility index (Phi) is 5.29. The molecule has 0 aliphatic carbocycles. The van der Waals surface area contributed by atoms with Crippen molar-refractivity contribution in [2.45, 2.75) is 25.8 Å². The summed E-state index contributed by atoms with van der Waals surface area (Å²) >= 11 is 1.86. The number of nitrogens with one attached hydrogen (secondary N) is 1. The monoisotopic (exact) mass is 296 g/mol. The molecule has 2 rings (SSSR count). The van der Waals surface area contributed by atoms with Gasteiger partial charge in [0.15, 0.2) is 0 Å². The minimum Gasteiger partial charge on any atom is -0.382 e. The Morgan fingerprint density at radius 1 is 1.55 bits per heavy atom. The number of carbonyl (C=O) groups is 1. The van der Waals surface area contributed by atoms with Crippen LogP contribution in [0.3, 0.4) is 0 Å². The van der Waals surface area contributed by atoms with Gasteiger partial charge in [-0.3, -0.25) is 4.79 Å². The molecule has 5 heteroatoms. The third kappa shape index (κ3) is 3.26. The van der Waals surface area contributed by atoms with Crippen LogP contribution in [0.1, 0.15) is 30.1 Å². The largest absolute Gasteiger partial charge is 0.382 e. The zero-order valence-electron chi connectivity index (χ0n) is 12.0. The van der Waals surface area contributed by atoms with Crippen LogP contribution in [0, 0.1) is 5.82 Å². The van der Waals surface area contributed by atoms with Crippen molar-refractivity contribution in [3.8, 4) is 0 Å². The van der Waals surface area contributed by atoms with E-state index >= 15 is 0 Å². The van der Waals surface area contributed by atoms with Crippen LogP contribution >= 0.6 is 11.8 Å². The fourth-order valence-electron chi connectivity index (χ4n) is 2.32. The van der Waals surface area contributed by atoms with E-state index in [9.17, 15) is 9.18 Å². The van der Waals surface area contributed by atoms with E-state index in [1.54, 1.807) is 17.0 Å². The van der Waals surface area contributed by atoms with Crippen LogP contribution in [-0.4, -0.2) is 41.9 Å². The van der Waals surface area contributed by atoms with Gasteiger partial charge in [0.05, 0.1) is 11.3 Å². The van der Waals surface area contributed by atoms with Crippen molar-refractivity contribution in [3.63, 3.8) is 0 Å². The summed E-state index contributed by atoms with van der Waals surface area (Å²) in [5, 5.41) is 3.03. The average molecular weight is 296 g/mol. The van der Waals surface area contributed by atoms with Crippen molar-refractivity contribution >= 4 is 23.4 Å². The predicted molar refractivity (Wildman–Crippen MR) is 83.0 cm³/mol. The lowest BCUT2D eigenvalue weighted by molar-refractivity contribution is 0.0748. The van der Waals surface area contributed by atoms with Gasteiger partial charge in [-0.05, 0) is 30.7 Å². The van der Waals surface area contributed by atoms with Gasteiger partial charge in [0.1, 0.15) is 5.82 Å². The van der Waals surface area contributed by atoms with Gasteiger partial charge in [0.25, 0.3) is 5.91 Å². The molecular weight excluding hydrogens is 275 g/mol. The molecule has 0 radical (unpaired) electrons. The van der Waals surface area contributed by atoms with E-state index in [0.29, 0.717) is 17.8 Å². The third-order valence-corrected chi connectivity index (χ3v) is 4.71. The number of rotatable bonds is 5. The van der Waals surface area contributed by atoms with Crippen molar-refractivity contribution in [2.75, 3.05) is 30.4 Å². The second-order valence-electron chi connectivity index (χ2n) is 5.02. The number of nitrogens with zero attached hydrogens (tertiary/aromatic N) is 1. The quantitative estimate of drug-likeness (QED) is 0.905. The zero-order valence-corrected chi connectivity index (χ0v) is 12.8. The maximum atomic E-state index is 13.9. The van der Waals surface area contributed by atoms with Crippen LogP contribution in [0.25, 0.3) is 0 Å². The van der Waals surface area contributed by atoms with Gasteiger partial charge in [-0.1, -0.05) is 13.0 Å². The molecular formula is C15H21FN2OS. The average Bonchev–Trinajstić information content (AvgIpc) is 2.98. The van der Waals surface area contributed by atoms with Gasteiger partial charge in [0.2, 0.25) is 0 Å². The number of anilines is 1. The van der Waals surface area contributed by atoms with Gasteiger partial charge in [0, 0.05) is 25.4 Å². The van der Waals surface area contributed by atoms with Gasteiger partial charge in [-0.25, -0.2) is 4.39 Å². The van der Waals surface area contributed by atoms with Crippen molar-refractivity contribution in [1.82, 2.24) is 4.90 Å². The molecule has 1 aliphatic heterocycles. The summed E-state index contributed by atoms with van der Waals surface area (Å²) in [4.78, 5) is 14.3. The molecule has 1 N–H and O–H groups in total. The second kappa shape index (κ2) is 6.97. The molecule has 0 aromatic heterocycles. The molecule has 3 nitrogen and oxygen atoms in total. The lowest BCUT2D eigenvalue weighted by atomic mass is 10.1. The Bertz CT molecular complexity index is 475. The van der Waals surface area contributed by atoms with Gasteiger partial charge < -0.3 is 10.2 Å². The third-order valence-electron chi connectivity index (χ3n) is 3.57. The molecule has 0 spiro atoms. The minimum absolute atomic E-state index is 0.101. The predicted octanol–water partition coefficient (Wildman–Crippen LogP) is 3.23. The summed E-state index contributed by atoms with van der Waals surface area (Å²) < 4.78 is 13.9. The van der Waals surface area contributed by atoms with Crippen LogP contribution in [0.5, 0.6) is 0 Å². The number of para-hydroxylation sites is 1. The smallest absolute Gasteiger partial charge is 0.256 e. The molecule has 1 aromatic carbocycles. The summed E-state index contributed by atoms with van der Waals surface area (Å²) in [5.74, 6) is 1.59. The normalized spacial score (nSPS) is 18.1. The summed E-state index contributed by atoms with van der Waals surface area (Å²) in [6, 6.07) is 4.94. The number of hydrogen-bond donors (Lipinski definition) is 1. The Labute approximate surface area is 123 Å².